The molecule has 0 atom stereocenters. The fourth-order valence-electron chi connectivity index (χ4n) is 4.39. The van der Waals surface area contributed by atoms with Gasteiger partial charge >= 0.3 is 0 Å². The van der Waals surface area contributed by atoms with Gasteiger partial charge in [-0.2, -0.15) is 0 Å². The molecule has 0 unspecified atom stereocenters. The van der Waals surface area contributed by atoms with Gasteiger partial charge in [0.2, 0.25) is 0 Å². The molecule has 0 amide bonds. The number of aromatic amines is 1. The molecule has 174 valence electrons. The smallest absolute Gasteiger partial charge is 0.162 e. The van der Waals surface area contributed by atoms with E-state index in [0.717, 1.165) is 54.3 Å². The van der Waals surface area contributed by atoms with Gasteiger partial charge in [0.15, 0.2) is 17.1 Å². The minimum absolute atomic E-state index is 0.683. The van der Waals surface area contributed by atoms with E-state index in [9.17, 15) is 0 Å². The van der Waals surface area contributed by atoms with Gasteiger partial charge in [0.1, 0.15) is 17.2 Å². The summed E-state index contributed by atoms with van der Waals surface area (Å²) in [6.45, 7) is 3.78. The maximum atomic E-state index is 5.50. The van der Waals surface area contributed by atoms with Crippen molar-refractivity contribution in [1.29, 1.82) is 0 Å². The Hall–Kier alpha value is -4.00. The lowest BCUT2D eigenvalue weighted by Crippen LogP contribution is -2.07. The summed E-state index contributed by atoms with van der Waals surface area (Å²) in [5.74, 6) is 3.11. The van der Waals surface area contributed by atoms with E-state index in [1.165, 1.54) is 16.5 Å². The predicted molar refractivity (Wildman–Crippen MR) is 137 cm³/mol. The lowest BCUT2D eigenvalue weighted by Gasteiger charge is -2.11. The third kappa shape index (κ3) is 4.05. The number of ether oxygens (including phenoxy) is 2. The number of nitrogens with zero attached hydrogens (tertiary/aromatic N) is 3. The number of nitrogens with one attached hydrogen (secondary N) is 2. The number of anilines is 1. The van der Waals surface area contributed by atoms with Gasteiger partial charge in [0, 0.05) is 35.8 Å². The van der Waals surface area contributed by atoms with Crippen LogP contribution in [0.5, 0.6) is 11.5 Å². The maximum absolute atomic E-state index is 5.50. The quantitative estimate of drug-likeness (QED) is 0.300. The first-order chi connectivity index (χ1) is 16.7. The van der Waals surface area contributed by atoms with E-state index in [4.69, 9.17) is 19.4 Å². The Morgan fingerprint density at radius 2 is 1.82 bits per heavy atom. The van der Waals surface area contributed by atoms with Gasteiger partial charge < -0.3 is 24.3 Å². The summed E-state index contributed by atoms with van der Waals surface area (Å²) in [7, 11) is 3.28. The van der Waals surface area contributed by atoms with Crippen LogP contribution in [0.4, 0.5) is 5.82 Å². The Kier molecular flexibility index (Phi) is 6.08. The van der Waals surface area contributed by atoms with Gasteiger partial charge in [0.25, 0.3) is 0 Å². The first-order valence-electron chi connectivity index (χ1n) is 11.6. The summed E-state index contributed by atoms with van der Waals surface area (Å²) < 4.78 is 13.1. The van der Waals surface area contributed by atoms with Crippen molar-refractivity contribution in [2.24, 2.45) is 0 Å². The SMILES string of the molecule is CCCn1c(-c2ccc(OC)c(OC)c2)nc2ccc(NCCc3c[nH]c4ccccc34)nc21. The number of H-pyrrole nitrogens is 1. The van der Waals surface area contributed by atoms with Crippen molar-refractivity contribution in [3.8, 4) is 22.9 Å². The largest absolute Gasteiger partial charge is 0.493 e. The molecule has 0 saturated carbocycles. The van der Waals surface area contributed by atoms with Gasteiger partial charge in [-0.1, -0.05) is 25.1 Å². The van der Waals surface area contributed by atoms with Crippen LogP contribution in [0.25, 0.3) is 33.5 Å². The number of methoxy groups -OCH3 is 2. The number of benzene rings is 2. The number of hydrogen-bond donors (Lipinski definition) is 2. The van der Waals surface area contributed by atoms with Gasteiger partial charge in [-0.15, -0.1) is 0 Å². The Morgan fingerprint density at radius 3 is 2.65 bits per heavy atom. The zero-order valence-corrected chi connectivity index (χ0v) is 19.8. The van der Waals surface area contributed by atoms with Crippen LogP contribution in [-0.2, 0) is 13.0 Å². The van der Waals surface area contributed by atoms with E-state index in [1.807, 2.05) is 30.3 Å². The molecule has 0 aliphatic carbocycles. The fourth-order valence-corrected chi connectivity index (χ4v) is 4.39. The molecule has 0 saturated heterocycles. The third-order valence-corrected chi connectivity index (χ3v) is 6.06. The van der Waals surface area contributed by atoms with Crippen molar-refractivity contribution >= 4 is 27.9 Å². The predicted octanol–water partition coefficient (Wildman–Crippen LogP) is 5.66. The number of fused-ring (bicyclic) bond motifs is 2. The summed E-state index contributed by atoms with van der Waals surface area (Å²) in [6, 6.07) is 18.3. The number of imidazole rings is 1. The highest BCUT2D eigenvalue weighted by Crippen LogP contribution is 2.33. The Morgan fingerprint density at radius 1 is 0.971 bits per heavy atom. The second-order valence-corrected chi connectivity index (χ2v) is 8.23. The minimum Gasteiger partial charge on any atom is -0.493 e. The zero-order chi connectivity index (χ0) is 23.5. The van der Waals surface area contributed by atoms with Crippen molar-refractivity contribution in [2.45, 2.75) is 26.3 Å². The van der Waals surface area contributed by atoms with E-state index >= 15 is 0 Å². The molecular formula is C27H29N5O2. The molecule has 0 aliphatic heterocycles. The van der Waals surface area contributed by atoms with E-state index in [-0.39, 0.29) is 0 Å². The van der Waals surface area contributed by atoms with E-state index in [2.05, 4.69) is 52.3 Å². The van der Waals surface area contributed by atoms with Crippen LogP contribution in [-0.4, -0.2) is 40.3 Å². The molecule has 0 bridgehead atoms. The summed E-state index contributed by atoms with van der Waals surface area (Å²) >= 11 is 0. The Balaban J connectivity index is 1.41. The van der Waals surface area contributed by atoms with Crippen LogP contribution >= 0.6 is 0 Å². The molecule has 3 aromatic heterocycles. The number of para-hydroxylation sites is 1. The molecule has 7 nitrogen and oxygen atoms in total. The molecule has 5 rings (SSSR count). The van der Waals surface area contributed by atoms with Gasteiger partial charge in [-0.25, -0.2) is 9.97 Å². The molecule has 2 N–H and O–H groups in total. The van der Waals surface area contributed by atoms with E-state index in [0.29, 0.717) is 11.5 Å². The van der Waals surface area contributed by atoms with Gasteiger partial charge in [-0.05, 0) is 54.8 Å². The third-order valence-electron chi connectivity index (χ3n) is 6.06. The second kappa shape index (κ2) is 9.47. The summed E-state index contributed by atoms with van der Waals surface area (Å²) in [4.78, 5) is 13.2. The van der Waals surface area contributed by atoms with Crippen LogP contribution in [0.15, 0.2) is 60.8 Å². The second-order valence-electron chi connectivity index (χ2n) is 8.23. The highest BCUT2D eigenvalue weighted by molar-refractivity contribution is 5.83. The Labute approximate surface area is 198 Å². The molecule has 3 heterocycles. The molecular weight excluding hydrogens is 426 g/mol. The zero-order valence-electron chi connectivity index (χ0n) is 19.8. The van der Waals surface area contributed by atoms with Crippen LogP contribution in [0.1, 0.15) is 18.9 Å². The first kappa shape index (κ1) is 21.8. The Bertz CT molecular complexity index is 1440. The van der Waals surface area contributed by atoms with Crippen molar-refractivity contribution in [1.82, 2.24) is 19.5 Å². The molecule has 0 spiro atoms. The monoisotopic (exact) mass is 455 g/mol. The molecule has 0 aliphatic rings. The topological polar surface area (TPSA) is 77.0 Å². The van der Waals surface area contributed by atoms with Crippen molar-refractivity contribution in [3.05, 3.63) is 66.4 Å². The van der Waals surface area contributed by atoms with Crippen LogP contribution in [0.2, 0.25) is 0 Å². The average Bonchev–Trinajstić information content (AvgIpc) is 3.45. The molecule has 2 aromatic carbocycles. The van der Waals surface area contributed by atoms with Gasteiger partial charge in [-0.3, -0.25) is 0 Å². The standard InChI is InChI=1S/C27H29N5O2/c1-4-15-32-26(18-9-11-23(33-2)24(16-18)34-3)30-22-10-12-25(31-27(22)32)28-14-13-19-17-29-21-8-6-5-7-20(19)21/h5-12,16-17,29H,4,13-15H2,1-3H3,(H,28,31). The fraction of sp³-hybridized carbons (Fsp3) is 0.259. The summed E-state index contributed by atoms with van der Waals surface area (Å²) in [5, 5.41) is 4.76. The lowest BCUT2D eigenvalue weighted by atomic mass is 10.1. The van der Waals surface area contributed by atoms with Crippen molar-refractivity contribution in [3.63, 3.8) is 0 Å². The van der Waals surface area contributed by atoms with Crippen molar-refractivity contribution < 1.29 is 9.47 Å². The summed E-state index contributed by atoms with van der Waals surface area (Å²) in [6.07, 6.45) is 3.98. The maximum Gasteiger partial charge on any atom is 0.162 e. The number of aryl methyl sites for hydroxylation is 1. The van der Waals surface area contributed by atoms with Crippen LogP contribution in [0.3, 0.4) is 0 Å². The molecule has 0 fully saturated rings. The van der Waals surface area contributed by atoms with Crippen molar-refractivity contribution in [2.75, 3.05) is 26.1 Å². The number of aromatic nitrogens is 4. The van der Waals surface area contributed by atoms with E-state index in [1.54, 1.807) is 14.2 Å². The first-order valence-corrected chi connectivity index (χ1v) is 11.6. The minimum atomic E-state index is 0.683. The number of pyridine rings is 1. The van der Waals surface area contributed by atoms with Crippen LogP contribution in [0, 0.1) is 0 Å². The molecule has 5 aromatic rings. The van der Waals surface area contributed by atoms with Gasteiger partial charge in [0.05, 0.1) is 14.2 Å². The average molecular weight is 456 g/mol. The highest BCUT2D eigenvalue weighted by Gasteiger charge is 2.16. The molecule has 0 radical (unpaired) electrons. The van der Waals surface area contributed by atoms with Crippen LogP contribution < -0.4 is 14.8 Å². The number of hydrogen-bond acceptors (Lipinski definition) is 5. The molecule has 7 heteroatoms. The van der Waals surface area contributed by atoms with E-state index < -0.39 is 0 Å². The normalized spacial score (nSPS) is 11.3. The lowest BCUT2D eigenvalue weighted by molar-refractivity contribution is 0.355. The number of rotatable bonds is 9. The highest BCUT2D eigenvalue weighted by atomic mass is 16.5. The molecule has 34 heavy (non-hydrogen) atoms. The summed E-state index contributed by atoms with van der Waals surface area (Å²) in [5.41, 5.74) is 5.20.